The van der Waals surface area contributed by atoms with Crippen molar-refractivity contribution in [3.63, 3.8) is 0 Å². The maximum absolute atomic E-state index is 8.59. The minimum Gasteiger partial charge on any atom is -0.395 e. The summed E-state index contributed by atoms with van der Waals surface area (Å²) in [4.78, 5) is 0. The van der Waals surface area contributed by atoms with E-state index >= 15 is 0 Å². The van der Waals surface area contributed by atoms with Crippen LogP contribution >= 0.6 is 12.4 Å². The molecule has 0 saturated heterocycles. The lowest BCUT2D eigenvalue weighted by Gasteiger charge is -2.05. The van der Waals surface area contributed by atoms with Crippen molar-refractivity contribution in [3.8, 4) is 0 Å². The molecule has 1 aromatic carbocycles. The number of hydrogen-bond donors (Lipinski definition) is 3. The molecular weight excluding hydrogens is 260 g/mol. The van der Waals surface area contributed by atoms with Crippen molar-refractivity contribution in [2.75, 3.05) is 26.2 Å². The van der Waals surface area contributed by atoms with Crippen LogP contribution in [-0.4, -0.2) is 31.3 Å². The van der Waals surface area contributed by atoms with Gasteiger partial charge in [-0.15, -0.1) is 12.4 Å². The Morgan fingerprint density at radius 2 is 1.42 bits per heavy atom. The SMILES string of the molecule is Cl.OCCNCCCCCCNCc1ccccc1. The summed E-state index contributed by atoms with van der Waals surface area (Å²) in [7, 11) is 0. The van der Waals surface area contributed by atoms with Gasteiger partial charge in [0.05, 0.1) is 6.61 Å². The minimum atomic E-state index is 0. The van der Waals surface area contributed by atoms with Crippen LogP contribution in [0.4, 0.5) is 0 Å². The van der Waals surface area contributed by atoms with Gasteiger partial charge in [0.2, 0.25) is 0 Å². The van der Waals surface area contributed by atoms with Crippen LogP contribution in [0.15, 0.2) is 30.3 Å². The van der Waals surface area contributed by atoms with Gasteiger partial charge >= 0.3 is 0 Å². The Morgan fingerprint density at radius 1 is 0.789 bits per heavy atom. The van der Waals surface area contributed by atoms with Crippen LogP contribution in [0, 0.1) is 0 Å². The number of halogens is 1. The highest BCUT2D eigenvalue weighted by Crippen LogP contribution is 2.00. The largest absolute Gasteiger partial charge is 0.395 e. The summed E-state index contributed by atoms with van der Waals surface area (Å²) in [6, 6.07) is 10.5. The molecule has 0 heterocycles. The Bertz CT molecular complexity index is 283. The predicted octanol–water partition coefficient (Wildman–Crippen LogP) is 2.34. The maximum atomic E-state index is 8.59. The molecule has 0 amide bonds. The standard InChI is InChI=1S/C15H26N2O.ClH/c18-13-12-16-10-6-1-2-7-11-17-14-15-8-4-3-5-9-15;/h3-5,8-9,16-18H,1-2,6-7,10-14H2;1H. The van der Waals surface area contributed by atoms with Crippen LogP contribution in [0.3, 0.4) is 0 Å². The van der Waals surface area contributed by atoms with E-state index in [9.17, 15) is 0 Å². The van der Waals surface area contributed by atoms with Crippen molar-refractivity contribution < 1.29 is 5.11 Å². The van der Waals surface area contributed by atoms with Crippen molar-refractivity contribution in [1.29, 1.82) is 0 Å². The minimum absolute atomic E-state index is 0. The molecule has 110 valence electrons. The molecule has 3 N–H and O–H groups in total. The van der Waals surface area contributed by atoms with Gasteiger partial charge in [0.15, 0.2) is 0 Å². The van der Waals surface area contributed by atoms with Gasteiger partial charge in [0, 0.05) is 13.1 Å². The molecule has 4 heteroatoms. The lowest BCUT2D eigenvalue weighted by atomic mass is 10.2. The van der Waals surface area contributed by atoms with Crippen LogP contribution in [0.1, 0.15) is 31.2 Å². The number of aliphatic hydroxyl groups is 1. The summed E-state index contributed by atoms with van der Waals surface area (Å²) in [5.41, 5.74) is 1.35. The third-order valence-corrected chi connectivity index (χ3v) is 2.92. The van der Waals surface area contributed by atoms with Gasteiger partial charge in [-0.1, -0.05) is 43.2 Å². The van der Waals surface area contributed by atoms with E-state index in [1.807, 2.05) is 6.07 Å². The average molecular weight is 287 g/mol. The molecule has 0 aliphatic heterocycles. The lowest BCUT2D eigenvalue weighted by molar-refractivity contribution is 0.292. The highest BCUT2D eigenvalue weighted by molar-refractivity contribution is 5.85. The molecule has 0 bridgehead atoms. The second kappa shape index (κ2) is 13.8. The van der Waals surface area contributed by atoms with E-state index in [2.05, 4.69) is 34.9 Å². The van der Waals surface area contributed by atoms with Crippen LogP contribution in [0.2, 0.25) is 0 Å². The van der Waals surface area contributed by atoms with Gasteiger partial charge in [-0.25, -0.2) is 0 Å². The molecule has 1 rings (SSSR count). The van der Waals surface area contributed by atoms with Gasteiger partial charge in [0.25, 0.3) is 0 Å². The number of hydrogen-bond acceptors (Lipinski definition) is 3. The summed E-state index contributed by atoms with van der Waals surface area (Å²) < 4.78 is 0. The summed E-state index contributed by atoms with van der Waals surface area (Å²) in [5, 5.41) is 15.2. The highest BCUT2D eigenvalue weighted by atomic mass is 35.5. The molecule has 0 atom stereocenters. The molecule has 0 unspecified atom stereocenters. The summed E-state index contributed by atoms with van der Waals surface area (Å²) in [6.45, 7) is 4.05. The van der Waals surface area contributed by atoms with E-state index in [1.165, 1.54) is 31.2 Å². The Kier molecular flexibility index (Phi) is 13.4. The van der Waals surface area contributed by atoms with Crippen molar-refractivity contribution in [1.82, 2.24) is 10.6 Å². The number of nitrogens with one attached hydrogen (secondary N) is 2. The Labute approximate surface area is 123 Å². The van der Waals surface area contributed by atoms with Crippen molar-refractivity contribution in [3.05, 3.63) is 35.9 Å². The van der Waals surface area contributed by atoms with Crippen LogP contribution in [0.25, 0.3) is 0 Å². The first-order chi connectivity index (χ1) is 8.93. The summed E-state index contributed by atoms with van der Waals surface area (Å²) in [5.74, 6) is 0. The molecule has 3 nitrogen and oxygen atoms in total. The molecule has 19 heavy (non-hydrogen) atoms. The zero-order valence-corrected chi connectivity index (χ0v) is 12.4. The fourth-order valence-corrected chi connectivity index (χ4v) is 1.89. The van der Waals surface area contributed by atoms with Gasteiger partial charge in [-0.05, 0) is 31.5 Å². The normalized spacial score (nSPS) is 10.2. The lowest BCUT2D eigenvalue weighted by Crippen LogP contribution is -2.19. The zero-order chi connectivity index (χ0) is 12.9. The van der Waals surface area contributed by atoms with E-state index < -0.39 is 0 Å². The van der Waals surface area contributed by atoms with Crippen molar-refractivity contribution in [2.45, 2.75) is 32.2 Å². The average Bonchev–Trinajstić information content (AvgIpc) is 2.42. The third kappa shape index (κ3) is 11.0. The van der Waals surface area contributed by atoms with E-state index in [0.29, 0.717) is 0 Å². The first-order valence-electron chi connectivity index (χ1n) is 6.99. The van der Waals surface area contributed by atoms with Crippen molar-refractivity contribution in [2.24, 2.45) is 0 Å². The third-order valence-electron chi connectivity index (χ3n) is 2.92. The Morgan fingerprint density at radius 3 is 2.05 bits per heavy atom. The number of benzene rings is 1. The summed E-state index contributed by atoms with van der Waals surface area (Å²) >= 11 is 0. The van der Waals surface area contributed by atoms with E-state index in [1.54, 1.807) is 0 Å². The molecular formula is C15H27ClN2O. The quantitative estimate of drug-likeness (QED) is 0.547. The van der Waals surface area contributed by atoms with E-state index in [0.717, 1.165) is 26.2 Å². The maximum Gasteiger partial charge on any atom is 0.0555 e. The highest BCUT2D eigenvalue weighted by Gasteiger charge is 1.92. The second-order valence-electron chi connectivity index (χ2n) is 4.55. The topological polar surface area (TPSA) is 44.3 Å². The van der Waals surface area contributed by atoms with Crippen LogP contribution in [0.5, 0.6) is 0 Å². The fraction of sp³-hybridized carbons (Fsp3) is 0.600. The molecule has 1 aromatic rings. The first-order valence-corrected chi connectivity index (χ1v) is 6.99. The van der Waals surface area contributed by atoms with Gasteiger partial charge < -0.3 is 15.7 Å². The van der Waals surface area contributed by atoms with E-state index in [-0.39, 0.29) is 19.0 Å². The monoisotopic (exact) mass is 286 g/mol. The Balaban J connectivity index is 0.00000324. The van der Waals surface area contributed by atoms with Crippen LogP contribution < -0.4 is 10.6 Å². The molecule has 0 radical (unpaired) electrons. The molecule has 0 aliphatic carbocycles. The molecule has 0 saturated carbocycles. The van der Waals surface area contributed by atoms with Gasteiger partial charge in [0.1, 0.15) is 0 Å². The zero-order valence-electron chi connectivity index (χ0n) is 11.6. The molecule has 0 aromatic heterocycles. The second-order valence-corrected chi connectivity index (χ2v) is 4.55. The summed E-state index contributed by atoms with van der Waals surface area (Å²) in [6.07, 6.45) is 5.00. The van der Waals surface area contributed by atoms with Crippen LogP contribution in [-0.2, 0) is 6.54 Å². The predicted molar refractivity (Wildman–Crippen MR) is 83.8 cm³/mol. The number of rotatable bonds is 11. The van der Waals surface area contributed by atoms with Gasteiger partial charge in [-0.3, -0.25) is 0 Å². The first kappa shape index (κ1) is 18.4. The Hall–Kier alpha value is -0.610. The van der Waals surface area contributed by atoms with E-state index in [4.69, 9.17) is 5.11 Å². The smallest absolute Gasteiger partial charge is 0.0555 e. The number of aliphatic hydroxyl groups excluding tert-OH is 1. The fourth-order valence-electron chi connectivity index (χ4n) is 1.89. The van der Waals surface area contributed by atoms with Gasteiger partial charge in [-0.2, -0.15) is 0 Å². The molecule has 0 aliphatic rings. The molecule has 0 fully saturated rings. The molecule has 0 spiro atoms. The number of unbranched alkanes of at least 4 members (excludes halogenated alkanes) is 3. The van der Waals surface area contributed by atoms with Crippen molar-refractivity contribution >= 4 is 12.4 Å².